The van der Waals surface area contributed by atoms with Crippen molar-refractivity contribution in [3.8, 4) is 0 Å². The summed E-state index contributed by atoms with van der Waals surface area (Å²) in [5, 5.41) is 0. The summed E-state index contributed by atoms with van der Waals surface area (Å²) in [6, 6.07) is 5.40. The number of sulfonamides is 1. The van der Waals surface area contributed by atoms with Gasteiger partial charge in [-0.25, -0.2) is 13.1 Å². The number of hydrogen-bond acceptors (Lipinski definition) is 4. The lowest BCUT2D eigenvalue weighted by Gasteiger charge is -2.20. The molecule has 1 aromatic carbocycles. The fraction of sp³-hybridized carbons (Fsp3) is 0.450. The van der Waals surface area contributed by atoms with Gasteiger partial charge >= 0.3 is 0 Å². The van der Waals surface area contributed by atoms with Crippen molar-refractivity contribution in [2.75, 3.05) is 20.6 Å². The molecule has 5 nitrogen and oxygen atoms in total. The van der Waals surface area contributed by atoms with Crippen LogP contribution in [0.25, 0.3) is 11.8 Å². The van der Waals surface area contributed by atoms with Crippen molar-refractivity contribution in [2.24, 2.45) is 0 Å². The molecule has 0 aliphatic heterocycles. The predicted molar refractivity (Wildman–Crippen MR) is 106 cm³/mol. The quantitative estimate of drug-likeness (QED) is 0.671. The highest BCUT2D eigenvalue weighted by atomic mass is 32.2. The molecule has 0 unspecified atom stereocenters. The Hall–Kier alpha value is -1.92. The summed E-state index contributed by atoms with van der Waals surface area (Å²) >= 11 is 0. The van der Waals surface area contributed by atoms with Crippen molar-refractivity contribution in [3.63, 3.8) is 0 Å². The summed E-state index contributed by atoms with van der Waals surface area (Å²) < 4.78 is 28.3. The van der Waals surface area contributed by atoms with E-state index in [9.17, 15) is 13.2 Å². The minimum atomic E-state index is -3.58. The summed E-state index contributed by atoms with van der Waals surface area (Å²) in [6.45, 7) is 1.96. The molecule has 1 aromatic rings. The third kappa shape index (κ3) is 5.29. The number of carbonyl (C=O) groups is 1. The highest BCUT2D eigenvalue weighted by Crippen LogP contribution is 2.30. The van der Waals surface area contributed by atoms with Crippen LogP contribution in [0, 0.1) is 0 Å². The topological polar surface area (TPSA) is 66.5 Å². The zero-order chi connectivity index (χ0) is 19.2. The van der Waals surface area contributed by atoms with Gasteiger partial charge in [-0.05, 0) is 32.3 Å². The first kappa shape index (κ1) is 20.4. The number of hydrogen-bond donors (Lipinski definition) is 1. The zero-order valence-corrected chi connectivity index (χ0v) is 16.6. The van der Waals surface area contributed by atoms with E-state index in [-0.39, 0.29) is 5.78 Å². The van der Waals surface area contributed by atoms with Gasteiger partial charge in [-0.3, -0.25) is 0 Å². The van der Waals surface area contributed by atoms with Crippen LogP contribution >= 0.6 is 0 Å². The number of nitrogens with zero attached hydrogens (tertiary/aromatic N) is 1. The minimum Gasteiger partial charge on any atom is -0.377 e. The average Bonchev–Trinajstić information content (AvgIpc) is 2.79. The summed E-state index contributed by atoms with van der Waals surface area (Å²) in [6.07, 6.45) is 9.66. The van der Waals surface area contributed by atoms with Gasteiger partial charge in [0, 0.05) is 43.9 Å². The summed E-state index contributed by atoms with van der Waals surface area (Å²) in [7, 11) is 0.335. The van der Waals surface area contributed by atoms with Gasteiger partial charge in [-0.1, -0.05) is 36.8 Å². The Morgan fingerprint density at radius 3 is 2.65 bits per heavy atom. The molecule has 0 radical (unpaired) electrons. The fourth-order valence-corrected chi connectivity index (χ4v) is 4.33. The van der Waals surface area contributed by atoms with E-state index in [1.54, 1.807) is 19.1 Å². The molecule has 0 bridgehead atoms. The van der Waals surface area contributed by atoms with Gasteiger partial charge in [0.05, 0.1) is 4.90 Å². The molecule has 0 fully saturated rings. The molecule has 0 atom stereocenters. The van der Waals surface area contributed by atoms with Gasteiger partial charge < -0.3 is 9.69 Å². The number of Topliss-reactive ketones (excluding diaryl/α,β-unsaturated/α-hetero) is 1. The molecule has 2 rings (SSSR count). The number of allylic oxidation sites excluding steroid dienone is 2. The van der Waals surface area contributed by atoms with Crippen LogP contribution in [-0.4, -0.2) is 39.7 Å². The summed E-state index contributed by atoms with van der Waals surface area (Å²) in [5.41, 5.74) is 2.67. The standard InChI is InChI=1S/C20H28N2O3S/c1-16(23)10-5-4-8-15-21-26(24,25)20-14-9-12-17-18(20)11-6-7-13-19(17)22(2)3/h6,9,11-14,21H,4-5,7-8,10,15H2,1-3H3. The Morgan fingerprint density at radius 2 is 1.96 bits per heavy atom. The number of rotatable bonds is 9. The van der Waals surface area contributed by atoms with Gasteiger partial charge in [-0.2, -0.15) is 0 Å². The molecule has 0 heterocycles. The Kier molecular flexibility index (Phi) is 7.17. The number of nitrogens with one attached hydrogen (secondary N) is 1. The van der Waals surface area contributed by atoms with Gasteiger partial charge in [0.25, 0.3) is 0 Å². The van der Waals surface area contributed by atoms with Crippen LogP contribution in [0.1, 0.15) is 50.2 Å². The number of unbranched alkanes of at least 4 members (excludes halogenated alkanes) is 2. The molecular formula is C20H28N2O3S. The fourth-order valence-electron chi connectivity index (χ4n) is 3.03. The molecule has 0 spiro atoms. The number of fused-ring (bicyclic) bond motifs is 1. The van der Waals surface area contributed by atoms with Crippen LogP contribution < -0.4 is 4.72 Å². The molecule has 1 aliphatic carbocycles. The Bertz CT molecular complexity index is 808. The predicted octanol–water partition coefficient (Wildman–Crippen LogP) is 3.43. The van der Waals surface area contributed by atoms with Crippen LogP contribution in [0.4, 0.5) is 0 Å². The number of benzene rings is 1. The lowest BCUT2D eigenvalue weighted by molar-refractivity contribution is -0.117. The summed E-state index contributed by atoms with van der Waals surface area (Å²) in [4.78, 5) is 13.2. The second-order valence-corrected chi connectivity index (χ2v) is 8.49. The van der Waals surface area contributed by atoms with E-state index in [1.165, 1.54) is 0 Å². The van der Waals surface area contributed by atoms with Crippen molar-refractivity contribution in [2.45, 2.75) is 43.9 Å². The first-order chi connectivity index (χ1) is 12.3. The van der Waals surface area contributed by atoms with E-state index in [2.05, 4.69) is 10.8 Å². The lowest BCUT2D eigenvalue weighted by Crippen LogP contribution is -2.26. The Morgan fingerprint density at radius 1 is 1.19 bits per heavy atom. The molecule has 1 aliphatic rings. The molecule has 26 heavy (non-hydrogen) atoms. The van der Waals surface area contributed by atoms with Crippen LogP contribution in [-0.2, 0) is 14.8 Å². The van der Waals surface area contributed by atoms with E-state index < -0.39 is 10.0 Å². The van der Waals surface area contributed by atoms with Crippen molar-refractivity contribution in [1.82, 2.24) is 9.62 Å². The monoisotopic (exact) mass is 376 g/mol. The molecule has 0 saturated heterocycles. The van der Waals surface area contributed by atoms with Crippen molar-refractivity contribution in [1.29, 1.82) is 0 Å². The maximum absolute atomic E-state index is 12.8. The van der Waals surface area contributed by atoms with E-state index in [4.69, 9.17) is 0 Å². The van der Waals surface area contributed by atoms with E-state index in [0.29, 0.717) is 17.9 Å². The highest BCUT2D eigenvalue weighted by Gasteiger charge is 2.21. The van der Waals surface area contributed by atoms with Crippen molar-refractivity contribution in [3.05, 3.63) is 41.5 Å². The van der Waals surface area contributed by atoms with Crippen LogP contribution in [0.3, 0.4) is 0 Å². The maximum atomic E-state index is 12.8. The van der Waals surface area contributed by atoms with Crippen LogP contribution in [0.2, 0.25) is 0 Å². The summed E-state index contributed by atoms with van der Waals surface area (Å²) in [5.74, 6) is 0.175. The minimum absolute atomic E-state index is 0.175. The SMILES string of the molecule is CC(=O)CCCCCNS(=O)(=O)c1cccc2c1C=CCC=C2N(C)C. The molecule has 1 N–H and O–H groups in total. The van der Waals surface area contributed by atoms with Gasteiger partial charge in [0.15, 0.2) is 0 Å². The van der Waals surface area contributed by atoms with E-state index >= 15 is 0 Å². The Balaban J connectivity index is 2.14. The van der Waals surface area contributed by atoms with Gasteiger partial charge in [0.1, 0.15) is 5.78 Å². The van der Waals surface area contributed by atoms with Crippen LogP contribution in [0.15, 0.2) is 35.2 Å². The number of ketones is 1. The van der Waals surface area contributed by atoms with E-state index in [0.717, 1.165) is 42.5 Å². The highest BCUT2D eigenvalue weighted by molar-refractivity contribution is 7.89. The second kappa shape index (κ2) is 9.14. The van der Waals surface area contributed by atoms with Crippen molar-refractivity contribution >= 4 is 27.6 Å². The van der Waals surface area contributed by atoms with Crippen molar-refractivity contribution < 1.29 is 13.2 Å². The molecule has 142 valence electrons. The second-order valence-electron chi connectivity index (χ2n) is 6.75. The third-order valence-corrected chi connectivity index (χ3v) is 5.86. The van der Waals surface area contributed by atoms with Gasteiger partial charge in [-0.15, -0.1) is 0 Å². The molecule has 6 heteroatoms. The van der Waals surface area contributed by atoms with Crippen LogP contribution in [0.5, 0.6) is 0 Å². The van der Waals surface area contributed by atoms with E-state index in [1.807, 2.05) is 37.2 Å². The molecule has 0 amide bonds. The first-order valence-corrected chi connectivity index (χ1v) is 10.5. The normalized spacial score (nSPS) is 13.7. The number of carbonyl (C=O) groups excluding carboxylic acids is 1. The largest absolute Gasteiger partial charge is 0.377 e. The maximum Gasteiger partial charge on any atom is 0.241 e. The van der Waals surface area contributed by atoms with Gasteiger partial charge in [0.2, 0.25) is 10.0 Å². The zero-order valence-electron chi connectivity index (χ0n) is 15.8. The molecular weight excluding hydrogens is 348 g/mol. The Labute approximate surface area is 156 Å². The molecule has 0 aromatic heterocycles. The lowest BCUT2D eigenvalue weighted by atomic mass is 10.0. The first-order valence-electron chi connectivity index (χ1n) is 8.99. The third-order valence-electron chi connectivity index (χ3n) is 4.34. The average molecular weight is 377 g/mol. The molecule has 0 saturated carbocycles. The smallest absolute Gasteiger partial charge is 0.241 e.